The Balaban J connectivity index is 2.88. The minimum absolute atomic E-state index is 0.109. The third kappa shape index (κ3) is 2.57. The van der Waals surface area contributed by atoms with E-state index in [4.69, 9.17) is 10.0 Å². The standard InChI is InChI=1S/C8H13BN2O4/c1-3-6(8(12)15-2)11-5-4-7(10-11)9(13)14/h4-6,13-14H,3H2,1-2H3. The Kier molecular flexibility index (Phi) is 3.87. The third-order valence-corrected chi connectivity index (χ3v) is 2.07. The Morgan fingerprint density at radius 2 is 2.40 bits per heavy atom. The molecule has 1 heterocycles. The molecule has 0 aromatic carbocycles. The van der Waals surface area contributed by atoms with Crippen LogP contribution in [0, 0.1) is 0 Å². The molecule has 6 nitrogen and oxygen atoms in total. The van der Waals surface area contributed by atoms with Gasteiger partial charge in [0.05, 0.1) is 12.7 Å². The van der Waals surface area contributed by atoms with E-state index in [9.17, 15) is 4.79 Å². The summed E-state index contributed by atoms with van der Waals surface area (Å²) in [7, 11) is -0.322. The molecule has 82 valence electrons. The Labute approximate surface area is 87.6 Å². The van der Waals surface area contributed by atoms with Crippen LogP contribution in [-0.4, -0.2) is 40.0 Å². The molecule has 0 aliphatic heterocycles. The van der Waals surface area contributed by atoms with E-state index >= 15 is 0 Å². The SMILES string of the molecule is CCC(C(=O)OC)n1ccc(B(O)O)n1. The molecule has 0 amide bonds. The molecule has 2 N–H and O–H groups in total. The molecule has 1 rings (SSSR count). The number of methoxy groups -OCH3 is 1. The zero-order valence-corrected chi connectivity index (χ0v) is 8.62. The van der Waals surface area contributed by atoms with E-state index in [-0.39, 0.29) is 5.59 Å². The highest BCUT2D eigenvalue weighted by Gasteiger charge is 2.22. The molecule has 0 aliphatic rings. The fourth-order valence-corrected chi connectivity index (χ4v) is 1.26. The van der Waals surface area contributed by atoms with E-state index in [0.29, 0.717) is 6.42 Å². The number of rotatable bonds is 4. The molecule has 0 saturated heterocycles. The van der Waals surface area contributed by atoms with Crippen LogP contribution in [0.4, 0.5) is 0 Å². The number of aromatic nitrogens is 2. The van der Waals surface area contributed by atoms with Crippen molar-refractivity contribution in [2.75, 3.05) is 7.11 Å². The van der Waals surface area contributed by atoms with Gasteiger partial charge < -0.3 is 14.8 Å². The lowest BCUT2D eigenvalue weighted by Crippen LogP contribution is -2.32. The van der Waals surface area contributed by atoms with Gasteiger partial charge in [0.2, 0.25) is 0 Å². The number of hydrogen-bond donors (Lipinski definition) is 2. The average molecular weight is 212 g/mol. The maximum atomic E-state index is 11.3. The number of carbonyl (C=O) groups is 1. The van der Waals surface area contributed by atoms with Gasteiger partial charge in [-0.2, -0.15) is 5.10 Å². The summed E-state index contributed by atoms with van der Waals surface area (Å²) in [6.07, 6.45) is 2.04. The van der Waals surface area contributed by atoms with E-state index in [2.05, 4.69) is 9.84 Å². The van der Waals surface area contributed by atoms with Crippen LogP contribution in [0.15, 0.2) is 12.3 Å². The van der Waals surface area contributed by atoms with E-state index in [0.717, 1.165) is 0 Å². The van der Waals surface area contributed by atoms with Crippen molar-refractivity contribution in [3.63, 3.8) is 0 Å². The first-order valence-electron chi connectivity index (χ1n) is 4.59. The van der Waals surface area contributed by atoms with E-state index in [1.54, 1.807) is 0 Å². The van der Waals surface area contributed by atoms with E-state index < -0.39 is 19.1 Å². The second-order valence-corrected chi connectivity index (χ2v) is 3.04. The van der Waals surface area contributed by atoms with Gasteiger partial charge in [0.1, 0.15) is 6.04 Å². The molecule has 7 heteroatoms. The molecule has 1 atom stereocenters. The van der Waals surface area contributed by atoms with Crippen LogP contribution < -0.4 is 5.59 Å². The van der Waals surface area contributed by atoms with E-state index in [1.165, 1.54) is 24.1 Å². The first-order valence-corrected chi connectivity index (χ1v) is 4.59. The minimum Gasteiger partial charge on any atom is -0.467 e. The highest BCUT2D eigenvalue weighted by molar-refractivity contribution is 6.57. The summed E-state index contributed by atoms with van der Waals surface area (Å²) in [6, 6.07) is 0.915. The maximum absolute atomic E-state index is 11.3. The Bertz CT molecular complexity index is 339. The first-order chi connectivity index (χ1) is 7.10. The largest absolute Gasteiger partial charge is 0.510 e. The molecule has 1 aromatic rings. The van der Waals surface area contributed by atoms with Gasteiger partial charge in [0.15, 0.2) is 0 Å². The number of carbonyl (C=O) groups excluding carboxylic acids is 1. The number of nitrogens with zero attached hydrogens (tertiary/aromatic N) is 2. The van der Waals surface area contributed by atoms with Crippen LogP contribution in [0.3, 0.4) is 0 Å². The van der Waals surface area contributed by atoms with Gasteiger partial charge in [-0.1, -0.05) is 6.92 Å². The zero-order valence-electron chi connectivity index (χ0n) is 8.62. The molecule has 0 radical (unpaired) electrons. The van der Waals surface area contributed by atoms with Crippen LogP contribution in [0.2, 0.25) is 0 Å². The van der Waals surface area contributed by atoms with Crippen molar-refractivity contribution in [3.8, 4) is 0 Å². The second kappa shape index (κ2) is 4.95. The van der Waals surface area contributed by atoms with Gasteiger partial charge in [-0.25, -0.2) is 4.79 Å². The van der Waals surface area contributed by atoms with Gasteiger partial charge in [0, 0.05) is 6.20 Å². The molecule has 0 bridgehead atoms. The summed E-state index contributed by atoms with van der Waals surface area (Å²) < 4.78 is 5.96. The van der Waals surface area contributed by atoms with Crippen LogP contribution in [-0.2, 0) is 9.53 Å². The molecule has 0 fully saturated rings. The monoisotopic (exact) mass is 212 g/mol. The van der Waals surface area contributed by atoms with Crippen molar-refractivity contribution in [2.45, 2.75) is 19.4 Å². The van der Waals surface area contributed by atoms with Crippen molar-refractivity contribution in [2.24, 2.45) is 0 Å². The summed E-state index contributed by atoms with van der Waals surface area (Å²) in [6.45, 7) is 1.82. The van der Waals surface area contributed by atoms with E-state index in [1.807, 2.05) is 6.92 Å². The summed E-state index contributed by atoms with van der Waals surface area (Å²) in [5.74, 6) is -0.403. The molecule has 1 aromatic heterocycles. The number of esters is 1. The molecule has 0 saturated carbocycles. The molecule has 1 unspecified atom stereocenters. The predicted molar refractivity (Wildman–Crippen MR) is 53.4 cm³/mol. The lowest BCUT2D eigenvalue weighted by Gasteiger charge is -2.12. The Morgan fingerprint density at radius 3 is 2.80 bits per heavy atom. The van der Waals surface area contributed by atoms with Gasteiger partial charge in [0.25, 0.3) is 0 Å². The van der Waals surface area contributed by atoms with Gasteiger partial charge >= 0.3 is 13.1 Å². The Hall–Kier alpha value is -1.34. The highest BCUT2D eigenvalue weighted by Crippen LogP contribution is 2.10. The average Bonchev–Trinajstić information content (AvgIpc) is 2.68. The van der Waals surface area contributed by atoms with Gasteiger partial charge in [-0.3, -0.25) is 4.68 Å². The lowest BCUT2D eigenvalue weighted by atomic mass is 9.87. The van der Waals surface area contributed by atoms with Crippen molar-refractivity contribution in [3.05, 3.63) is 12.3 Å². The topological polar surface area (TPSA) is 84.6 Å². The van der Waals surface area contributed by atoms with Crippen LogP contribution in [0.5, 0.6) is 0 Å². The van der Waals surface area contributed by atoms with Crippen molar-refractivity contribution < 1.29 is 19.6 Å². The van der Waals surface area contributed by atoms with Gasteiger partial charge in [-0.15, -0.1) is 0 Å². The molecule has 0 spiro atoms. The van der Waals surface area contributed by atoms with Crippen LogP contribution in [0.1, 0.15) is 19.4 Å². The molecular weight excluding hydrogens is 199 g/mol. The van der Waals surface area contributed by atoms with Crippen LogP contribution in [0.25, 0.3) is 0 Å². The van der Waals surface area contributed by atoms with Crippen molar-refractivity contribution >= 4 is 18.7 Å². The number of hydrogen-bond acceptors (Lipinski definition) is 5. The highest BCUT2D eigenvalue weighted by atomic mass is 16.5. The normalized spacial score (nSPS) is 12.3. The number of ether oxygens (including phenoxy) is 1. The van der Waals surface area contributed by atoms with Crippen molar-refractivity contribution in [1.82, 2.24) is 9.78 Å². The Morgan fingerprint density at radius 1 is 1.73 bits per heavy atom. The zero-order chi connectivity index (χ0) is 11.4. The fourth-order valence-electron chi connectivity index (χ4n) is 1.26. The summed E-state index contributed by atoms with van der Waals surface area (Å²) >= 11 is 0. The third-order valence-electron chi connectivity index (χ3n) is 2.07. The maximum Gasteiger partial charge on any atom is 0.510 e. The second-order valence-electron chi connectivity index (χ2n) is 3.04. The molecule has 0 aliphatic carbocycles. The predicted octanol–water partition coefficient (Wildman–Crippen LogP) is -1.31. The first kappa shape index (κ1) is 11.7. The summed E-state index contributed by atoms with van der Waals surface area (Å²) in [4.78, 5) is 11.3. The summed E-state index contributed by atoms with van der Waals surface area (Å²) in [5, 5.41) is 21.6. The minimum atomic E-state index is -1.62. The van der Waals surface area contributed by atoms with Crippen molar-refractivity contribution in [1.29, 1.82) is 0 Å². The van der Waals surface area contributed by atoms with Gasteiger partial charge in [-0.05, 0) is 12.5 Å². The quantitative estimate of drug-likeness (QED) is 0.478. The summed E-state index contributed by atoms with van der Waals surface area (Å²) in [5.41, 5.74) is 0.109. The molecule has 15 heavy (non-hydrogen) atoms. The lowest BCUT2D eigenvalue weighted by molar-refractivity contribution is -0.145. The molecular formula is C8H13BN2O4. The van der Waals surface area contributed by atoms with Crippen LogP contribution >= 0.6 is 0 Å². The smallest absolute Gasteiger partial charge is 0.467 e. The fraction of sp³-hybridized carbons (Fsp3) is 0.500.